The van der Waals surface area contributed by atoms with E-state index >= 15 is 0 Å². The van der Waals surface area contributed by atoms with Crippen molar-refractivity contribution in [3.05, 3.63) is 47.5 Å². The molecule has 1 aromatic heterocycles. The lowest BCUT2D eigenvalue weighted by molar-refractivity contribution is 0.0595. The van der Waals surface area contributed by atoms with Gasteiger partial charge in [-0.3, -0.25) is 0 Å². The third-order valence-electron chi connectivity index (χ3n) is 2.29. The molecule has 0 saturated carbocycles. The average Bonchev–Trinajstić information content (AvgIpc) is 2.88. The topological polar surface area (TPSA) is 55.0 Å². The molecule has 0 aliphatic carbocycles. The molecule has 0 radical (unpaired) electrons. The van der Waals surface area contributed by atoms with Crippen LogP contribution in [0.5, 0.6) is 0 Å². The summed E-state index contributed by atoms with van der Waals surface area (Å²) < 4.78 is 18.1. The van der Waals surface area contributed by atoms with E-state index in [0.29, 0.717) is 5.75 Å². The zero-order valence-corrected chi connectivity index (χ0v) is 10.5. The van der Waals surface area contributed by atoms with Crippen molar-refractivity contribution in [2.24, 2.45) is 0 Å². The summed E-state index contributed by atoms with van der Waals surface area (Å²) in [4.78, 5) is 18.2. The highest BCUT2D eigenvalue weighted by atomic mass is 32.2. The molecule has 0 fully saturated rings. The number of methoxy groups -OCH3 is 1. The maximum atomic E-state index is 13.6. The van der Waals surface area contributed by atoms with Crippen LogP contribution in [0.3, 0.4) is 0 Å². The summed E-state index contributed by atoms with van der Waals surface area (Å²) in [5, 5.41) is 0.771. The minimum Gasteiger partial charge on any atom is -0.465 e. The summed E-state index contributed by atoms with van der Waals surface area (Å²) in [6.07, 6.45) is 3.38. The highest BCUT2D eigenvalue weighted by Gasteiger charge is 2.12. The number of esters is 1. The largest absolute Gasteiger partial charge is 0.465 e. The summed E-state index contributed by atoms with van der Waals surface area (Å²) >= 11 is 1.46. The molecule has 0 amide bonds. The van der Waals surface area contributed by atoms with Gasteiger partial charge < -0.3 is 9.72 Å². The lowest BCUT2D eigenvalue weighted by atomic mass is 10.1. The number of thioether (sulfide) groups is 1. The average molecular weight is 266 g/mol. The number of benzene rings is 1. The van der Waals surface area contributed by atoms with Crippen molar-refractivity contribution >= 4 is 17.7 Å². The standard InChI is InChI=1S/C12H11FN2O2S/c1-17-11(16)9-3-2-8(6-10(9)13)7-18-12-14-4-5-15-12/h2-6H,7H2,1H3,(H,14,15). The van der Waals surface area contributed by atoms with Crippen molar-refractivity contribution in [2.75, 3.05) is 7.11 Å². The van der Waals surface area contributed by atoms with Gasteiger partial charge in [0.15, 0.2) is 5.16 Å². The predicted octanol–water partition coefficient (Wildman–Crippen LogP) is 2.63. The molecule has 0 saturated heterocycles. The van der Waals surface area contributed by atoms with E-state index in [4.69, 9.17) is 0 Å². The van der Waals surface area contributed by atoms with Crippen LogP contribution < -0.4 is 0 Å². The smallest absolute Gasteiger partial charge is 0.340 e. The van der Waals surface area contributed by atoms with Gasteiger partial charge in [-0.15, -0.1) is 0 Å². The zero-order valence-electron chi connectivity index (χ0n) is 9.64. The first-order valence-corrected chi connectivity index (χ1v) is 6.18. The number of carbonyl (C=O) groups excluding carboxylic acids is 1. The molecule has 1 heterocycles. The molecule has 0 spiro atoms. The van der Waals surface area contributed by atoms with E-state index in [1.807, 2.05) is 0 Å². The highest BCUT2D eigenvalue weighted by Crippen LogP contribution is 2.20. The molecule has 18 heavy (non-hydrogen) atoms. The van der Waals surface area contributed by atoms with Gasteiger partial charge in [-0.2, -0.15) is 0 Å². The lowest BCUT2D eigenvalue weighted by Crippen LogP contribution is -2.04. The molecule has 0 unspecified atom stereocenters. The minimum atomic E-state index is -0.669. The Kier molecular flexibility index (Phi) is 3.99. The Morgan fingerprint density at radius 1 is 1.56 bits per heavy atom. The number of rotatable bonds is 4. The number of halogens is 1. The van der Waals surface area contributed by atoms with Crippen molar-refractivity contribution in [3.63, 3.8) is 0 Å². The van der Waals surface area contributed by atoms with E-state index in [9.17, 15) is 9.18 Å². The molecule has 0 atom stereocenters. The van der Waals surface area contributed by atoms with Crippen LogP contribution in [0.25, 0.3) is 0 Å². The van der Waals surface area contributed by atoms with E-state index in [1.165, 1.54) is 31.0 Å². The second-order valence-corrected chi connectivity index (χ2v) is 4.45. The number of nitrogens with one attached hydrogen (secondary N) is 1. The van der Waals surface area contributed by atoms with Crippen LogP contribution in [0.15, 0.2) is 35.7 Å². The predicted molar refractivity (Wildman–Crippen MR) is 65.9 cm³/mol. The molecule has 2 aromatic rings. The Balaban J connectivity index is 2.07. The van der Waals surface area contributed by atoms with Gasteiger partial charge in [0.2, 0.25) is 0 Å². The van der Waals surface area contributed by atoms with Gasteiger partial charge in [0.05, 0.1) is 12.7 Å². The van der Waals surface area contributed by atoms with Gasteiger partial charge in [0.25, 0.3) is 0 Å². The number of hydrogen-bond acceptors (Lipinski definition) is 4. The van der Waals surface area contributed by atoms with Crippen LogP contribution in [0, 0.1) is 5.82 Å². The summed E-state index contributed by atoms with van der Waals surface area (Å²) in [5.41, 5.74) is 0.728. The summed E-state index contributed by atoms with van der Waals surface area (Å²) in [6, 6.07) is 4.46. The first-order valence-electron chi connectivity index (χ1n) is 5.19. The molecular weight excluding hydrogens is 255 g/mol. The third kappa shape index (κ3) is 2.89. The van der Waals surface area contributed by atoms with E-state index in [2.05, 4.69) is 14.7 Å². The van der Waals surface area contributed by atoms with Crippen LogP contribution in [-0.2, 0) is 10.5 Å². The molecule has 2 rings (SSSR count). The number of H-pyrrole nitrogens is 1. The number of aromatic nitrogens is 2. The second kappa shape index (κ2) is 5.68. The molecule has 0 bridgehead atoms. The first-order chi connectivity index (χ1) is 8.70. The molecule has 6 heteroatoms. The highest BCUT2D eigenvalue weighted by molar-refractivity contribution is 7.98. The summed E-state index contributed by atoms with van der Waals surface area (Å²) in [6.45, 7) is 0. The third-order valence-corrected chi connectivity index (χ3v) is 3.26. The number of ether oxygens (including phenoxy) is 1. The zero-order chi connectivity index (χ0) is 13.0. The minimum absolute atomic E-state index is 0.0516. The number of hydrogen-bond donors (Lipinski definition) is 1. The SMILES string of the molecule is COC(=O)c1ccc(CSc2ncc[nH]2)cc1F. The quantitative estimate of drug-likeness (QED) is 0.682. The van der Waals surface area contributed by atoms with E-state index in [1.54, 1.807) is 18.5 Å². The van der Waals surface area contributed by atoms with E-state index in [-0.39, 0.29) is 5.56 Å². The van der Waals surface area contributed by atoms with Gasteiger partial charge in [0, 0.05) is 18.1 Å². The van der Waals surface area contributed by atoms with Gasteiger partial charge in [-0.1, -0.05) is 17.8 Å². The maximum absolute atomic E-state index is 13.6. The van der Waals surface area contributed by atoms with Crippen LogP contribution in [0.1, 0.15) is 15.9 Å². The lowest BCUT2D eigenvalue weighted by Gasteiger charge is -2.04. The van der Waals surface area contributed by atoms with Crippen LogP contribution >= 0.6 is 11.8 Å². The fourth-order valence-electron chi connectivity index (χ4n) is 1.41. The number of nitrogens with zero attached hydrogens (tertiary/aromatic N) is 1. The monoisotopic (exact) mass is 266 g/mol. The molecule has 94 valence electrons. The van der Waals surface area contributed by atoms with Gasteiger partial charge in [0.1, 0.15) is 5.82 Å². The van der Waals surface area contributed by atoms with Crippen molar-refractivity contribution < 1.29 is 13.9 Å². The Labute approximate surface area is 108 Å². The van der Waals surface area contributed by atoms with Crippen molar-refractivity contribution in [1.29, 1.82) is 0 Å². The first kappa shape index (κ1) is 12.6. The number of imidazole rings is 1. The Morgan fingerprint density at radius 3 is 3.00 bits per heavy atom. The Hall–Kier alpha value is -1.82. The Bertz CT molecular complexity index is 543. The van der Waals surface area contributed by atoms with Crippen LogP contribution in [0.2, 0.25) is 0 Å². The molecule has 4 nitrogen and oxygen atoms in total. The van der Waals surface area contributed by atoms with Crippen LogP contribution in [0.4, 0.5) is 4.39 Å². The van der Waals surface area contributed by atoms with Crippen LogP contribution in [-0.4, -0.2) is 23.0 Å². The Morgan fingerprint density at radius 2 is 2.39 bits per heavy atom. The van der Waals surface area contributed by atoms with Gasteiger partial charge in [-0.05, 0) is 17.7 Å². The summed E-state index contributed by atoms with van der Waals surface area (Å²) in [5.74, 6) is -0.663. The fraction of sp³-hybridized carbons (Fsp3) is 0.167. The maximum Gasteiger partial charge on any atom is 0.340 e. The van der Waals surface area contributed by atoms with E-state index in [0.717, 1.165) is 10.7 Å². The fourth-order valence-corrected chi connectivity index (χ4v) is 2.18. The molecule has 1 N–H and O–H groups in total. The number of carbonyl (C=O) groups is 1. The number of aromatic amines is 1. The molecule has 1 aromatic carbocycles. The molecule has 0 aliphatic heterocycles. The molecular formula is C12H11FN2O2S. The summed E-state index contributed by atoms with van der Waals surface area (Å²) in [7, 11) is 1.22. The second-order valence-electron chi connectivity index (χ2n) is 3.49. The normalized spacial score (nSPS) is 10.3. The molecule has 0 aliphatic rings. The van der Waals surface area contributed by atoms with E-state index < -0.39 is 11.8 Å². The van der Waals surface area contributed by atoms with Crippen molar-refractivity contribution in [2.45, 2.75) is 10.9 Å². The van der Waals surface area contributed by atoms with Gasteiger partial charge in [-0.25, -0.2) is 14.2 Å². The van der Waals surface area contributed by atoms with Crippen molar-refractivity contribution in [3.8, 4) is 0 Å². The van der Waals surface area contributed by atoms with Gasteiger partial charge >= 0.3 is 5.97 Å². The van der Waals surface area contributed by atoms with Crippen molar-refractivity contribution in [1.82, 2.24) is 9.97 Å².